The Morgan fingerprint density at radius 2 is 1.70 bits per heavy atom. The lowest BCUT2D eigenvalue weighted by molar-refractivity contribution is -0.149. The van der Waals surface area contributed by atoms with Crippen LogP contribution in [0.4, 0.5) is 5.69 Å². The van der Waals surface area contributed by atoms with Gasteiger partial charge in [-0.25, -0.2) is 8.42 Å². The molecule has 0 atom stereocenters. The zero-order valence-electron chi connectivity index (χ0n) is 21.7. The molecule has 0 unspecified atom stereocenters. The van der Waals surface area contributed by atoms with Crippen molar-refractivity contribution in [1.82, 2.24) is 14.1 Å². The second-order valence-corrected chi connectivity index (χ2v) is 12.2. The van der Waals surface area contributed by atoms with Crippen molar-refractivity contribution in [3.63, 3.8) is 0 Å². The number of hydrogen-bond donors (Lipinski definition) is 0. The molecule has 1 saturated heterocycles. The van der Waals surface area contributed by atoms with Crippen LogP contribution in [0.15, 0.2) is 41.3 Å². The Morgan fingerprint density at radius 3 is 2.30 bits per heavy atom. The van der Waals surface area contributed by atoms with Crippen molar-refractivity contribution >= 4 is 21.7 Å². The monoisotopic (exact) mass is 532 g/mol. The maximum Gasteiger partial charge on any atom is 0.316 e. The summed E-state index contributed by atoms with van der Waals surface area (Å²) < 4.78 is 39.6. The minimum Gasteiger partial charge on any atom is -0.483 e. The highest BCUT2D eigenvalue weighted by Crippen LogP contribution is 2.32. The second kappa shape index (κ2) is 11.6. The topological polar surface area (TPSA) is 111 Å². The van der Waals surface area contributed by atoms with Crippen LogP contribution in [-0.2, 0) is 19.6 Å². The van der Waals surface area contributed by atoms with Crippen molar-refractivity contribution in [2.75, 3.05) is 37.7 Å². The molecule has 1 aliphatic carbocycles. The van der Waals surface area contributed by atoms with Gasteiger partial charge >= 0.3 is 11.5 Å². The predicted molar refractivity (Wildman–Crippen MR) is 141 cm³/mol. The number of sulfonamides is 1. The standard InChI is InChI=1S/C26H36N4O6S/c1-4-35-26(32)20-10-12-22(13-11-20)36-24-23(18-27-30(25(24)31)21-8-6-5-7-9-21)28-14-16-29(17-15-28)37(33,34)19(2)3/h5-9,18-20,22H,4,10-17H2,1-3H3. The molecule has 10 nitrogen and oxygen atoms in total. The van der Waals surface area contributed by atoms with Gasteiger partial charge < -0.3 is 14.4 Å². The van der Waals surface area contributed by atoms with Crippen LogP contribution in [0.25, 0.3) is 5.69 Å². The Morgan fingerprint density at radius 1 is 1.05 bits per heavy atom. The first-order chi connectivity index (χ1) is 17.7. The summed E-state index contributed by atoms with van der Waals surface area (Å²) in [6.45, 7) is 7.02. The van der Waals surface area contributed by atoms with Crippen LogP contribution in [0, 0.1) is 5.92 Å². The zero-order chi connectivity index (χ0) is 26.6. The SMILES string of the molecule is CCOC(=O)C1CCC(Oc2c(N3CCN(S(=O)(=O)C(C)C)CC3)cnn(-c3ccccc3)c2=O)CC1. The molecule has 1 aromatic heterocycles. The van der Waals surface area contributed by atoms with Crippen LogP contribution in [-0.4, -0.2) is 72.6 Å². The van der Waals surface area contributed by atoms with E-state index in [1.54, 1.807) is 39.1 Å². The van der Waals surface area contributed by atoms with Gasteiger partial charge in [0.15, 0.2) is 0 Å². The van der Waals surface area contributed by atoms with Crippen molar-refractivity contribution in [3.05, 3.63) is 46.9 Å². The zero-order valence-corrected chi connectivity index (χ0v) is 22.5. The molecular weight excluding hydrogens is 496 g/mol. The summed E-state index contributed by atoms with van der Waals surface area (Å²) in [4.78, 5) is 27.8. The molecule has 2 fully saturated rings. The van der Waals surface area contributed by atoms with Crippen molar-refractivity contribution in [3.8, 4) is 11.4 Å². The maximum absolute atomic E-state index is 13.6. The van der Waals surface area contributed by atoms with Crippen LogP contribution in [0.1, 0.15) is 46.5 Å². The molecule has 1 saturated carbocycles. The largest absolute Gasteiger partial charge is 0.483 e. The van der Waals surface area contributed by atoms with E-state index in [0.29, 0.717) is 69.8 Å². The Labute approximate surface area is 218 Å². The van der Waals surface area contributed by atoms with Gasteiger partial charge in [-0.15, -0.1) is 0 Å². The van der Waals surface area contributed by atoms with E-state index >= 15 is 0 Å². The molecule has 2 aromatic rings. The fraction of sp³-hybridized carbons (Fsp3) is 0.577. The van der Waals surface area contributed by atoms with Crippen molar-refractivity contribution in [2.24, 2.45) is 5.92 Å². The van der Waals surface area contributed by atoms with Crippen molar-refractivity contribution < 1.29 is 22.7 Å². The summed E-state index contributed by atoms with van der Waals surface area (Å²) in [5.41, 5.74) is 0.822. The van der Waals surface area contributed by atoms with E-state index in [1.165, 1.54) is 8.99 Å². The van der Waals surface area contributed by atoms with Gasteiger partial charge in [-0.1, -0.05) is 18.2 Å². The first-order valence-corrected chi connectivity index (χ1v) is 14.5. The maximum atomic E-state index is 13.6. The summed E-state index contributed by atoms with van der Waals surface area (Å²) in [7, 11) is -3.35. The van der Waals surface area contributed by atoms with Gasteiger partial charge in [0.2, 0.25) is 15.8 Å². The highest BCUT2D eigenvalue weighted by Gasteiger charge is 2.33. The van der Waals surface area contributed by atoms with Gasteiger partial charge in [0.05, 0.1) is 35.8 Å². The first kappa shape index (κ1) is 27.1. The molecule has 0 radical (unpaired) electrons. The van der Waals surface area contributed by atoms with Gasteiger partial charge in [-0.05, 0) is 58.6 Å². The minimum atomic E-state index is -3.35. The normalized spacial score (nSPS) is 21.1. The molecule has 0 spiro atoms. The van der Waals surface area contributed by atoms with Crippen LogP contribution in [0.2, 0.25) is 0 Å². The highest BCUT2D eigenvalue weighted by molar-refractivity contribution is 7.89. The van der Waals surface area contributed by atoms with Crippen molar-refractivity contribution in [1.29, 1.82) is 0 Å². The Kier molecular flexibility index (Phi) is 8.53. The van der Waals surface area contributed by atoms with E-state index in [1.807, 2.05) is 23.1 Å². The molecule has 2 aliphatic rings. The fourth-order valence-corrected chi connectivity index (χ4v) is 6.11. The summed E-state index contributed by atoms with van der Waals surface area (Å²) in [5.74, 6) is -0.113. The van der Waals surface area contributed by atoms with Gasteiger partial charge in [0.25, 0.3) is 0 Å². The lowest BCUT2D eigenvalue weighted by atomic mass is 9.87. The number of esters is 1. The predicted octanol–water partition coefficient (Wildman–Crippen LogP) is 2.59. The number of rotatable bonds is 8. The molecule has 0 N–H and O–H groups in total. The number of carbonyl (C=O) groups is 1. The van der Waals surface area contributed by atoms with Crippen LogP contribution < -0.4 is 15.2 Å². The molecule has 4 rings (SSSR count). The first-order valence-electron chi connectivity index (χ1n) is 13.0. The number of anilines is 1. The number of benzene rings is 1. The molecule has 1 aromatic carbocycles. The molecule has 0 bridgehead atoms. The Balaban J connectivity index is 1.58. The van der Waals surface area contributed by atoms with Gasteiger partial charge in [0, 0.05) is 26.2 Å². The molecule has 202 valence electrons. The molecule has 0 amide bonds. The summed E-state index contributed by atoms with van der Waals surface area (Å²) in [5, 5.41) is 3.93. The lowest BCUT2D eigenvalue weighted by Crippen LogP contribution is -2.50. The van der Waals surface area contributed by atoms with E-state index < -0.39 is 15.3 Å². The lowest BCUT2D eigenvalue weighted by Gasteiger charge is -2.37. The highest BCUT2D eigenvalue weighted by atomic mass is 32.2. The molecule has 37 heavy (non-hydrogen) atoms. The summed E-state index contributed by atoms with van der Waals surface area (Å²) in [6.07, 6.45) is 3.96. The van der Waals surface area contributed by atoms with Gasteiger partial charge in [0.1, 0.15) is 5.69 Å². The van der Waals surface area contributed by atoms with Gasteiger partial charge in [-0.2, -0.15) is 14.1 Å². The Hall–Kier alpha value is -2.92. The fourth-order valence-electron chi connectivity index (χ4n) is 4.84. The average molecular weight is 533 g/mol. The molecule has 1 aliphatic heterocycles. The quantitative estimate of drug-likeness (QED) is 0.477. The number of hydrogen-bond acceptors (Lipinski definition) is 8. The third-order valence-electron chi connectivity index (χ3n) is 7.03. The van der Waals surface area contributed by atoms with Crippen molar-refractivity contribution in [2.45, 2.75) is 57.8 Å². The Bertz CT molecular complexity index is 1230. The van der Waals surface area contributed by atoms with Gasteiger partial charge in [-0.3, -0.25) is 9.59 Å². The smallest absolute Gasteiger partial charge is 0.316 e. The van der Waals surface area contributed by atoms with E-state index in [0.717, 1.165) is 0 Å². The van der Waals surface area contributed by atoms with Crippen LogP contribution in [0.3, 0.4) is 0 Å². The number of aromatic nitrogens is 2. The third-order valence-corrected chi connectivity index (χ3v) is 9.31. The number of piperazine rings is 1. The second-order valence-electron chi connectivity index (χ2n) is 9.73. The number of para-hydroxylation sites is 1. The van der Waals surface area contributed by atoms with Crippen LogP contribution in [0.5, 0.6) is 5.75 Å². The number of ether oxygens (including phenoxy) is 2. The number of carbonyl (C=O) groups excluding carboxylic acids is 1. The molecular formula is C26H36N4O6S. The van der Waals surface area contributed by atoms with E-state index in [-0.39, 0.29) is 29.3 Å². The van der Waals surface area contributed by atoms with E-state index in [4.69, 9.17) is 9.47 Å². The summed E-state index contributed by atoms with van der Waals surface area (Å²) >= 11 is 0. The number of nitrogens with zero attached hydrogens (tertiary/aromatic N) is 4. The average Bonchev–Trinajstić information content (AvgIpc) is 2.91. The minimum absolute atomic E-state index is 0.145. The summed E-state index contributed by atoms with van der Waals surface area (Å²) in [6, 6.07) is 9.15. The van der Waals surface area contributed by atoms with E-state index in [9.17, 15) is 18.0 Å². The van der Waals surface area contributed by atoms with E-state index in [2.05, 4.69) is 5.10 Å². The molecule has 2 heterocycles. The van der Waals surface area contributed by atoms with Crippen LogP contribution >= 0.6 is 0 Å². The third kappa shape index (κ3) is 5.98. The molecule has 11 heteroatoms.